The van der Waals surface area contributed by atoms with Crippen molar-refractivity contribution in [1.29, 1.82) is 0 Å². The molecule has 0 saturated carbocycles. The molecular weight excluding hydrogens is 440 g/mol. The molecule has 0 radical (unpaired) electrons. The standard InChI is InChI=1S/C26H27ClN2O4/c1-19(26(31)28-16-20-8-12-22(27)13-9-20)29(17-21-10-14-23(32-2)15-11-21)25(30)18-33-24-6-4-3-5-7-24/h3-15,19H,16-18H2,1-2H3,(H,28,31)/t19-/m0/s1. The van der Waals surface area contributed by atoms with Crippen LogP contribution in [0.4, 0.5) is 0 Å². The minimum Gasteiger partial charge on any atom is -0.497 e. The molecule has 0 saturated heterocycles. The van der Waals surface area contributed by atoms with Gasteiger partial charge < -0.3 is 19.7 Å². The summed E-state index contributed by atoms with van der Waals surface area (Å²) in [5, 5.41) is 3.53. The van der Waals surface area contributed by atoms with Crippen LogP contribution >= 0.6 is 11.6 Å². The van der Waals surface area contributed by atoms with Crippen molar-refractivity contribution in [3.05, 3.63) is 95.0 Å². The van der Waals surface area contributed by atoms with E-state index in [9.17, 15) is 9.59 Å². The summed E-state index contributed by atoms with van der Waals surface area (Å²) in [5.41, 5.74) is 1.79. The van der Waals surface area contributed by atoms with Crippen LogP contribution in [0.1, 0.15) is 18.1 Å². The van der Waals surface area contributed by atoms with E-state index in [2.05, 4.69) is 5.32 Å². The predicted molar refractivity (Wildman–Crippen MR) is 128 cm³/mol. The Morgan fingerprint density at radius 2 is 1.55 bits per heavy atom. The van der Waals surface area contributed by atoms with Crippen molar-refractivity contribution in [2.75, 3.05) is 13.7 Å². The van der Waals surface area contributed by atoms with E-state index in [-0.39, 0.29) is 25.0 Å². The van der Waals surface area contributed by atoms with Crippen LogP contribution in [-0.4, -0.2) is 36.5 Å². The molecule has 7 heteroatoms. The molecule has 3 aromatic rings. The smallest absolute Gasteiger partial charge is 0.261 e. The molecular formula is C26H27ClN2O4. The van der Waals surface area contributed by atoms with Gasteiger partial charge in [-0.05, 0) is 54.4 Å². The maximum absolute atomic E-state index is 13.1. The topological polar surface area (TPSA) is 67.9 Å². The minimum absolute atomic E-state index is 0.172. The Kier molecular flexibility index (Phi) is 8.72. The first-order valence-electron chi connectivity index (χ1n) is 10.6. The maximum Gasteiger partial charge on any atom is 0.261 e. The first kappa shape index (κ1) is 24.1. The fourth-order valence-electron chi connectivity index (χ4n) is 3.19. The van der Waals surface area contributed by atoms with E-state index in [1.165, 1.54) is 4.90 Å². The Bertz CT molecular complexity index is 1040. The van der Waals surface area contributed by atoms with Gasteiger partial charge in [0, 0.05) is 18.1 Å². The van der Waals surface area contributed by atoms with Gasteiger partial charge in [0.25, 0.3) is 5.91 Å². The highest BCUT2D eigenvalue weighted by molar-refractivity contribution is 6.30. The van der Waals surface area contributed by atoms with Gasteiger partial charge in [-0.25, -0.2) is 0 Å². The lowest BCUT2D eigenvalue weighted by atomic mass is 10.1. The molecule has 1 atom stereocenters. The molecule has 0 aliphatic heterocycles. The maximum atomic E-state index is 13.1. The summed E-state index contributed by atoms with van der Waals surface area (Å²) < 4.78 is 10.8. The molecule has 0 aliphatic carbocycles. The third-order valence-electron chi connectivity index (χ3n) is 5.16. The summed E-state index contributed by atoms with van der Waals surface area (Å²) >= 11 is 5.92. The molecule has 3 rings (SSSR count). The average molecular weight is 467 g/mol. The molecule has 0 spiro atoms. The number of rotatable bonds is 10. The zero-order valence-corrected chi connectivity index (χ0v) is 19.4. The van der Waals surface area contributed by atoms with E-state index < -0.39 is 6.04 Å². The van der Waals surface area contributed by atoms with Gasteiger partial charge in [0.2, 0.25) is 5.91 Å². The van der Waals surface area contributed by atoms with Gasteiger partial charge in [-0.2, -0.15) is 0 Å². The summed E-state index contributed by atoms with van der Waals surface area (Å²) in [4.78, 5) is 27.5. The number of nitrogens with zero attached hydrogens (tertiary/aromatic N) is 1. The van der Waals surface area contributed by atoms with Gasteiger partial charge in [0.1, 0.15) is 17.5 Å². The summed E-state index contributed by atoms with van der Waals surface area (Å²) in [5.74, 6) is 0.767. The zero-order valence-electron chi connectivity index (χ0n) is 18.7. The minimum atomic E-state index is -0.703. The van der Waals surface area contributed by atoms with Crippen molar-refractivity contribution in [2.24, 2.45) is 0 Å². The van der Waals surface area contributed by atoms with Crippen LogP contribution in [0.2, 0.25) is 5.02 Å². The lowest BCUT2D eigenvalue weighted by molar-refractivity contribution is -0.142. The highest BCUT2D eigenvalue weighted by Gasteiger charge is 2.26. The number of nitrogens with one attached hydrogen (secondary N) is 1. The van der Waals surface area contributed by atoms with Crippen LogP contribution in [0, 0.1) is 0 Å². The van der Waals surface area contributed by atoms with Gasteiger partial charge in [-0.15, -0.1) is 0 Å². The molecule has 0 bridgehead atoms. The Labute approximate surface area is 199 Å². The summed E-state index contributed by atoms with van der Waals surface area (Å²) in [6, 6.07) is 23.0. The average Bonchev–Trinajstić information content (AvgIpc) is 2.86. The second-order valence-corrected chi connectivity index (χ2v) is 7.93. The molecule has 172 valence electrons. The summed E-state index contributed by atoms with van der Waals surface area (Å²) in [6.45, 7) is 2.14. The molecule has 33 heavy (non-hydrogen) atoms. The number of para-hydroxylation sites is 1. The van der Waals surface area contributed by atoms with Crippen LogP contribution in [-0.2, 0) is 22.7 Å². The number of amides is 2. The van der Waals surface area contributed by atoms with Crippen molar-refractivity contribution >= 4 is 23.4 Å². The monoisotopic (exact) mass is 466 g/mol. The SMILES string of the molecule is COc1ccc(CN(C(=O)COc2ccccc2)[C@@H](C)C(=O)NCc2ccc(Cl)cc2)cc1. The quantitative estimate of drug-likeness (QED) is 0.479. The van der Waals surface area contributed by atoms with Crippen molar-refractivity contribution in [1.82, 2.24) is 10.2 Å². The van der Waals surface area contributed by atoms with Gasteiger partial charge in [0.15, 0.2) is 6.61 Å². The van der Waals surface area contributed by atoms with E-state index in [1.807, 2.05) is 54.6 Å². The Morgan fingerprint density at radius 1 is 0.909 bits per heavy atom. The largest absolute Gasteiger partial charge is 0.497 e. The first-order chi connectivity index (χ1) is 16.0. The fraction of sp³-hybridized carbons (Fsp3) is 0.231. The number of carbonyl (C=O) groups is 2. The predicted octanol–water partition coefficient (Wildman–Crippen LogP) is 4.46. The van der Waals surface area contributed by atoms with Gasteiger partial charge >= 0.3 is 0 Å². The normalized spacial score (nSPS) is 11.4. The summed E-state index contributed by atoms with van der Waals surface area (Å²) in [7, 11) is 1.60. The van der Waals surface area contributed by atoms with Crippen molar-refractivity contribution in [3.63, 3.8) is 0 Å². The second kappa shape index (κ2) is 11.9. The lowest BCUT2D eigenvalue weighted by Gasteiger charge is -2.29. The molecule has 0 fully saturated rings. The number of hydrogen-bond donors (Lipinski definition) is 1. The molecule has 1 N–H and O–H groups in total. The van der Waals surface area contributed by atoms with E-state index >= 15 is 0 Å². The number of ether oxygens (including phenoxy) is 2. The van der Waals surface area contributed by atoms with E-state index in [1.54, 1.807) is 38.3 Å². The van der Waals surface area contributed by atoms with Gasteiger partial charge in [-0.1, -0.05) is 54.1 Å². The Hall–Kier alpha value is -3.51. The van der Waals surface area contributed by atoms with Crippen LogP contribution in [0.5, 0.6) is 11.5 Å². The Balaban J connectivity index is 1.69. The third kappa shape index (κ3) is 7.26. The molecule has 0 aromatic heterocycles. The molecule has 0 heterocycles. The second-order valence-electron chi connectivity index (χ2n) is 7.49. The highest BCUT2D eigenvalue weighted by Crippen LogP contribution is 2.16. The van der Waals surface area contributed by atoms with Crippen molar-refractivity contribution in [2.45, 2.75) is 26.1 Å². The third-order valence-corrected chi connectivity index (χ3v) is 5.42. The van der Waals surface area contributed by atoms with Gasteiger partial charge in [0.05, 0.1) is 7.11 Å². The molecule has 0 aliphatic rings. The summed E-state index contributed by atoms with van der Waals surface area (Å²) in [6.07, 6.45) is 0. The molecule has 2 amide bonds. The van der Waals surface area contributed by atoms with E-state index in [0.29, 0.717) is 17.3 Å². The molecule has 0 unspecified atom stereocenters. The van der Waals surface area contributed by atoms with E-state index in [4.69, 9.17) is 21.1 Å². The number of carbonyl (C=O) groups excluding carboxylic acids is 2. The van der Waals surface area contributed by atoms with Crippen LogP contribution in [0.25, 0.3) is 0 Å². The number of hydrogen-bond acceptors (Lipinski definition) is 4. The van der Waals surface area contributed by atoms with Crippen LogP contribution in [0.15, 0.2) is 78.9 Å². The first-order valence-corrected chi connectivity index (χ1v) is 11.0. The number of methoxy groups -OCH3 is 1. The molecule has 3 aromatic carbocycles. The fourth-order valence-corrected chi connectivity index (χ4v) is 3.32. The Morgan fingerprint density at radius 3 is 2.18 bits per heavy atom. The van der Waals surface area contributed by atoms with Gasteiger partial charge in [-0.3, -0.25) is 9.59 Å². The van der Waals surface area contributed by atoms with Crippen molar-refractivity contribution < 1.29 is 19.1 Å². The van der Waals surface area contributed by atoms with Crippen LogP contribution < -0.4 is 14.8 Å². The van der Waals surface area contributed by atoms with Crippen LogP contribution in [0.3, 0.4) is 0 Å². The number of benzene rings is 3. The lowest BCUT2D eigenvalue weighted by Crippen LogP contribution is -2.48. The van der Waals surface area contributed by atoms with E-state index in [0.717, 1.165) is 16.9 Å². The number of halogens is 1. The highest BCUT2D eigenvalue weighted by atomic mass is 35.5. The molecule has 6 nitrogen and oxygen atoms in total. The van der Waals surface area contributed by atoms with Crippen molar-refractivity contribution in [3.8, 4) is 11.5 Å². The zero-order chi connectivity index (χ0) is 23.6.